The summed E-state index contributed by atoms with van der Waals surface area (Å²) in [6.45, 7) is 2.47. The number of halogens is 1. The van der Waals surface area contributed by atoms with Gasteiger partial charge in [-0.3, -0.25) is 13.4 Å². The van der Waals surface area contributed by atoms with Gasteiger partial charge in [0.2, 0.25) is 0 Å². The molecule has 0 aromatic heterocycles. The van der Waals surface area contributed by atoms with Crippen molar-refractivity contribution in [3.8, 4) is 6.07 Å². The van der Waals surface area contributed by atoms with E-state index in [0.29, 0.717) is 29.0 Å². The average Bonchev–Trinajstić information content (AvgIpc) is 3.14. The second-order valence-electron chi connectivity index (χ2n) is 6.38. The van der Waals surface area contributed by atoms with E-state index in [1.807, 2.05) is 6.92 Å². The minimum absolute atomic E-state index is 0.0729. The first-order valence-corrected chi connectivity index (χ1v) is 9.32. The average molecular weight is 337 g/mol. The fourth-order valence-electron chi connectivity index (χ4n) is 4.31. The molecule has 6 heteroatoms. The molecule has 2 bridgehead atoms. The molecule has 1 saturated carbocycles. The number of hydrogen-bond donors (Lipinski definition) is 2. The highest BCUT2D eigenvalue weighted by molar-refractivity contribution is 8.26. The largest absolute Gasteiger partial charge is 0.281 e. The number of nitriles is 1. The van der Waals surface area contributed by atoms with E-state index in [9.17, 15) is 9.11 Å². The van der Waals surface area contributed by atoms with Gasteiger partial charge >= 0.3 is 0 Å². The Hall–Kier alpha value is -1.19. The lowest BCUT2D eigenvalue weighted by molar-refractivity contribution is 0.448. The molecule has 2 aliphatic carbocycles. The molecule has 116 valence electrons. The third kappa shape index (κ3) is 1.73. The van der Waals surface area contributed by atoms with Gasteiger partial charge in [-0.05, 0) is 42.9 Å². The van der Waals surface area contributed by atoms with Crippen LogP contribution in [0, 0.1) is 36.0 Å². The zero-order chi connectivity index (χ0) is 15.6. The fraction of sp³-hybridized carbons (Fsp3) is 0.438. The van der Waals surface area contributed by atoms with Crippen LogP contribution in [0.25, 0.3) is 0 Å². The molecular formula is C16H17ClN2O2S. The van der Waals surface area contributed by atoms with Crippen LogP contribution in [0.3, 0.4) is 0 Å². The molecule has 4 atom stereocenters. The van der Waals surface area contributed by atoms with E-state index >= 15 is 0 Å². The smallest absolute Gasteiger partial charge is 0.101 e. The Morgan fingerprint density at radius 2 is 2.05 bits per heavy atom. The van der Waals surface area contributed by atoms with Gasteiger partial charge < -0.3 is 0 Å². The van der Waals surface area contributed by atoms with E-state index in [0.717, 1.165) is 17.7 Å². The summed E-state index contributed by atoms with van der Waals surface area (Å²) in [4.78, 5) is 0. The summed E-state index contributed by atoms with van der Waals surface area (Å²) < 4.78 is 23.5. The summed E-state index contributed by atoms with van der Waals surface area (Å²) >= 11 is 6.24. The normalized spacial score (nSPS) is 35.5. The molecule has 0 spiro atoms. The van der Waals surface area contributed by atoms with Crippen LogP contribution in [0.4, 0.5) is 5.69 Å². The third-order valence-electron chi connectivity index (χ3n) is 5.36. The van der Waals surface area contributed by atoms with E-state index in [-0.39, 0.29) is 11.2 Å². The maximum Gasteiger partial charge on any atom is 0.101 e. The number of benzene rings is 1. The first kappa shape index (κ1) is 14.4. The highest BCUT2D eigenvalue weighted by atomic mass is 35.5. The number of nitrogens with zero attached hydrogens (tertiary/aromatic N) is 2. The lowest BCUT2D eigenvalue weighted by Gasteiger charge is -2.44. The molecule has 2 N–H and O–H groups in total. The molecule has 0 radical (unpaired) electrons. The molecule has 1 saturated heterocycles. The Bertz CT molecular complexity index is 728. The number of anilines is 1. The lowest BCUT2D eigenvalue weighted by atomic mass is 9.93. The SMILES string of the molecule is Cc1c(N2C[C@@H]3[C@@H]([C@@H]4C=C[C@H]3C4)S2(O)O)ccc(C#N)c1Cl. The van der Waals surface area contributed by atoms with Gasteiger partial charge in [-0.2, -0.15) is 5.26 Å². The monoisotopic (exact) mass is 336 g/mol. The second kappa shape index (κ2) is 4.65. The lowest BCUT2D eigenvalue weighted by Crippen LogP contribution is -2.28. The predicted octanol–water partition coefficient (Wildman–Crippen LogP) is 4.20. The van der Waals surface area contributed by atoms with Crippen molar-refractivity contribution < 1.29 is 9.11 Å². The number of hydrogen-bond acceptors (Lipinski definition) is 4. The summed E-state index contributed by atoms with van der Waals surface area (Å²) in [5, 5.41) is 9.38. The van der Waals surface area contributed by atoms with E-state index in [1.54, 1.807) is 16.4 Å². The molecule has 4 nitrogen and oxygen atoms in total. The first-order chi connectivity index (χ1) is 10.4. The summed E-state index contributed by atoms with van der Waals surface area (Å²) in [5.74, 6) is 1.04. The molecular weight excluding hydrogens is 320 g/mol. The maximum atomic E-state index is 10.9. The zero-order valence-corrected chi connectivity index (χ0v) is 13.7. The first-order valence-electron chi connectivity index (χ1n) is 7.37. The van der Waals surface area contributed by atoms with Gasteiger partial charge in [0.15, 0.2) is 0 Å². The van der Waals surface area contributed by atoms with Crippen molar-refractivity contribution in [2.75, 3.05) is 10.8 Å². The third-order valence-corrected chi connectivity index (χ3v) is 8.27. The molecule has 2 fully saturated rings. The van der Waals surface area contributed by atoms with Crippen molar-refractivity contribution in [2.24, 2.45) is 17.8 Å². The van der Waals surface area contributed by atoms with Gasteiger partial charge in [0.1, 0.15) is 6.07 Å². The van der Waals surface area contributed by atoms with Gasteiger partial charge in [0.25, 0.3) is 0 Å². The van der Waals surface area contributed by atoms with Crippen molar-refractivity contribution in [1.29, 1.82) is 5.26 Å². The maximum absolute atomic E-state index is 10.9. The molecule has 3 aliphatic rings. The van der Waals surface area contributed by atoms with Crippen LogP contribution in [0.15, 0.2) is 24.3 Å². The topological polar surface area (TPSA) is 67.5 Å². The molecule has 0 amide bonds. The fourth-order valence-corrected chi connectivity index (χ4v) is 7.11. The van der Waals surface area contributed by atoms with Crippen molar-refractivity contribution in [3.05, 3.63) is 40.4 Å². The van der Waals surface area contributed by atoms with Crippen molar-refractivity contribution in [1.82, 2.24) is 0 Å². The standard InChI is InChI=1S/C16H17ClN2O2S/c1-9-14(5-4-12(7-18)15(9)17)19-8-13-10-2-3-11(6-10)16(13)22(19,20)21/h2-5,10-11,13,16,20-21H,6,8H2,1H3/t10-,11+,13-,16+/m0/s1. The van der Waals surface area contributed by atoms with Gasteiger partial charge in [-0.15, -0.1) is 10.8 Å². The molecule has 1 aromatic rings. The Balaban J connectivity index is 1.76. The van der Waals surface area contributed by atoms with E-state index in [4.69, 9.17) is 16.9 Å². The van der Waals surface area contributed by atoms with Crippen LogP contribution in [-0.4, -0.2) is 20.9 Å². The minimum Gasteiger partial charge on any atom is -0.281 e. The zero-order valence-electron chi connectivity index (χ0n) is 12.1. The van der Waals surface area contributed by atoms with Crippen LogP contribution < -0.4 is 4.31 Å². The number of fused-ring (bicyclic) bond motifs is 5. The van der Waals surface area contributed by atoms with Crippen LogP contribution in [-0.2, 0) is 0 Å². The summed E-state index contributed by atoms with van der Waals surface area (Å²) in [7, 11) is -2.87. The van der Waals surface area contributed by atoms with Crippen LogP contribution in [0.1, 0.15) is 17.5 Å². The van der Waals surface area contributed by atoms with E-state index in [2.05, 4.69) is 18.2 Å². The van der Waals surface area contributed by atoms with Gasteiger partial charge in [0, 0.05) is 12.5 Å². The Labute approximate surface area is 136 Å². The van der Waals surface area contributed by atoms with Crippen molar-refractivity contribution >= 4 is 28.1 Å². The molecule has 22 heavy (non-hydrogen) atoms. The molecule has 1 heterocycles. The van der Waals surface area contributed by atoms with Crippen LogP contribution >= 0.6 is 22.4 Å². The van der Waals surface area contributed by atoms with Gasteiger partial charge in [-0.1, -0.05) is 23.8 Å². The Morgan fingerprint density at radius 3 is 2.73 bits per heavy atom. The van der Waals surface area contributed by atoms with Gasteiger partial charge in [0.05, 0.1) is 21.5 Å². The Morgan fingerprint density at radius 1 is 1.32 bits per heavy atom. The summed E-state index contributed by atoms with van der Waals surface area (Å²) in [6, 6.07) is 5.50. The quantitative estimate of drug-likeness (QED) is 0.754. The minimum atomic E-state index is -2.87. The number of rotatable bonds is 1. The summed E-state index contributed by atoms with van der Waals surface area (Å²) in [5.41, 5.74) is 1.89. The highest BCUT2D eigenvalue weighted by Gasteiger charge is 2.58. The van der Waals surface area contributed by atoms with Crippen LogP contribution in [0.5, 0.6) is 0 Å². The predicted molar refractivity (Wildman–Crippen MR) is 89.1 cm³/mol. The van der Waals surface area contributed by atoms with Gasteiger partial charge in [-0.25, -0.2) is 0 Å². The number of allylic oxidation sites excluding steroid dienone is 2. The molecule has 1 aliphatic heterocycles. The molecule has 0 unspecified atom stereocenters. The molecule has 1 aromatic carbocycles. The van der Waals surface area contributed by atoms with Crippen molar-refractivity contribution in [3.63, 3.8) is 0 Å². The van der Waals surface area contributed by atoms with Crippen LogP contribution in [0.2, 0.25) is 5.02 Å². The summed E-state index contributed by atoms with van der Waals surface area (Å²) in [6.07, 6.45) is 5.41. The highest BCUT2D eigenvalue weighted by Crippen LogP contribution is 2.68. The second-order valence-corrected chi connectivity index (χ2v) is 8.87. The van der Waals surface area contributed by atoms with Crippen molar-refractivity contribution in [2.45, 2.75) is 18.6 Å². The Kier molecular flexibility index (Phi) is 3.05. The molecule has 4 rings (SSSR count). The van der Waals surface area contributed by atoms with E-state index < -0.39 is 10.8 Å². The van der Waals surface area contributed by atoms with E-state index in [1.165, 1.54) is 0 Å².